The lowest BCUT2D eigenvalue weighted by Crippen LogP contribution is -2.42. The lowest BCUT2D eigenvalue weighted by Gasteiger charge is -2.21. The molecule has 8 nitrogen and oxygen atoms in total. The van der Waals surface area contributed by atoms with Gasteiger partial charge >= 0.3 is 6.01 Å². The molecule has 0 spiro atoms. The Hall–Kier alpha value is -2.64. The standard InChI is InChI=1S/C16H21N5O3/c1-3-21-10-11(9-18-21)24-14-6-4-5-12(14)19-15(22)13-7-8-17-16(20-13)23-2/h7-10,12,14H,3-6H2,1-2H3,(H,19,22)/t12-,14+/m0/s1. The zero-order valence-corrected chi connectivity index (χ0v) is 13.8. The van der Waals surface area contributed by atoms with E-state index in [0.29, 0.717) is 0 Å². The molecule has 0 unspecified atom stereocenters. The molecule has 1 fully saturated rings. The minimum Gasteiger partial charge on any atom is -0.485 e. The van der Waals surface area contributed by atoms with Crippen molar-refractivity contribution in [2.75, 3.05) is 7.11 Å². The van der Waals surface area contributed by atoms with Crippen molar-refractivity contribution in [2.45, 2.75) is 44.9 Å². The van der Waals surface area contributed by atoms with Gasteiger partial charge in [0.1, 0.15) is 11.8 Å². The molecule has 128 valence electrons. The van der Waals surface area contributed by atoms with Crippen LogP contribution in [-0.4, -0.2) is 44.9 Å². The number of hydrogen-bond donors (Lipinski definition) is 1. The predicted octanol–water partition coefficient (Wildman–Crippen LogP) is 1.43. The molecule has 1 amide bonds. The summed E-state index contributed by atoms with van der Waals surface area (Å²) < 4.78 is 12.8. The van der Waals surface area contributed by atoms with Gasteiger partial charge in [-0.25, -0.2) is 4.98 Å². The van der Waals surface area contributed by atoms with Gasteiger partial charge in [0, 0.05) is 12.7 Å². The van der Waals surface area contributed by atoms with Crippen molar-refractivity contribution >= 4 is 5.91 Å². The molecule has 2 aromatic heterocycles. The number of carbonyl (C=O) groups is 1. The maximum absolute atomic E-state index is 12.4. The first-order valence-corrected chi connectivity index (χ1v) is 8.06. The van der Waals surface area contributed by atoms with E-state index in [0.717, 1.165) is 31.6 Å². The zero-order valence-electron chi connectivity index (χ0n) is 13.8. The first-order chi connectivity index (χ1) is 11.7. The summed E-state index contributed by atoms with van der Waals surface area (Å²) in [5.41, 5.74) is 0.284. The number of nitrogens with zero attached hydrogens (tertiary/aromatic N) is 4. The third-order valence-electron chi connectivity index (χ3n) is 4.04. The van der Waals surface area contributed by atoms with Crippen molar-refractivity contribution in [3.05, 3.63) is 30.4 Å². The van der Waals surface area contributed by atoms with Crippen LogP contribution < -0.4 is 14.8 Å². The first-order valence-electron chi connectivity index (χ1n) is 8.06. The topological polar surface area (TPSA) is 91.2 Å². The number of carbonyl (C=O) groups excluding carboxylic acids is 1. The second kappa shape index (κ2) is 7.29. The summed E-state index contributed by atoms with van der Waals surface area (Å²) in [6.07, 6.45) is 7.79. The van der Waals surface area contributed by atoms with Crippen LogP contribution in [0.4, 0.5) is 0 Å². The molecule has 0 aliphatic heterocycles. The fraction of sp³-hybridized carbons (Fsp3) is 0.500. The monoisotopic (exact) mass is 331 g/mol. The highest BCUT2D eigenvalue weighted by Gasteiger charge is 2.31. The summed E-state index contributed by atoms with van der Waals surface area (Å²) in [6, 6.07) is 1.69. The molecule has 1 aliphatic rings. The molecule has 2 heterocycles. The van der Waals surface area contributed by atoms with Gasteiger partial charge in [0.05, 0.1) is 25.5 Å². The second-order valence-corrected chi connectivity index (χ2v) is 5.63. The van der Waals surface area contributed by atoms with Gasteiger partial charge < -0.3 is 14.8 Å². The van der Waals surface area contributed by atoms with Gasteiger partial charge in [-0.2, -0.15) is 10.1 Å². The van der Waals surface area contributed by atoms with E-state index < -0.39 is 0 Å². The summed E-state index contributed by atoms with van der Waals surface area (Å²) in [6.45, 7) is 2.81. The molecule has 1 N–H and O–H groups in total. The number of amides is 1. The SMILES string of the molecule is CCn1cc(O[C@@H]2CCC[C@@H]2NC(=O)c2ccnc(OC)n2)cn1. The Labute approximate surface area is 140 Å². The molecular formula is C16H21N5O3. The van der Waals surface area contributed by atoms with E-state index >= 15 is 0 Å². The van der Waals surface area contributed by atoms with E-state index in [1.165, 1.54) is 13.3 Å². The fourth-order valence-corrected chi connectivity index (χ4v) is 2.79. The van der Waals surface area contributed by atoms with E-state index in [2.05, 4.69) is 20.4 Å². The molecular weight excluding hydrogens is 310 g/mol. The molecule has 1 aliphatic carbocycles. The van der Waals surface area contributed by atoms with E-state index in [1.807, 2.05) is 17.8 Å². The molecule has 3 rings (SSSR count). The average molecular weight is 331 g/mol. The predicted molar refractivity (Wildman–Crippen MR) is 86.0 cm³/mol. The Balaban J connectivity index is 1.63. The average Bonchev–Trinajstić information content (AvgIpc) is 3.25. The lowest BCUT2D eigenvalue weighted by molar-refractivity contribution is 0.0887. The Morgan fingerprint density at radius 3 is 3.08 bits per heavy atom. The van der Waals surface area contributed by atoms with Crippen LogP contribution in [-0.2, 0) is 6.54 Å². The first kappa shape index (κ1) is 16.2. The molecule has 2 atom stereocenters. The molecule has 1 saturated carbocycles. The van der Waals surface area contributed by atoms with Crippen LogP contribution in [0.2, 0.25) is 0 Å². The zero-order chi connectivity index (χ0) is 16.9. The normalized spacial score (nSPS) is 19.9. The number of nitrogens with one attached hydrogen (secondary N) is 1. The number of hydrogen-bond acceptors (Lipinski definition) is 6. The Kier molecular flexibility index (Phi) is 4.93. The van der Waals surface area contributed by atoms with E-state index in [9.17, 15) is 4.79 Å². The molecule has 8 heteroatoms. The maximum atomic E-state index is 12.4. The summed E-state index contributed by atoms with van der Waals surface area (Å²) >= 11 is 0. The van der Waals surface area contributed by atoms with Crippen LogP contribution in [0, 0.1) is 0 Å². The van der Waals surface area contributed by atoms with Crippen molar-refractivity contribution < 1.29 is 14.3 Å². The summed E-state index contributed by atoms with van der Waals surface area (Å²) in [5, 5.41) is 7.20. The third kappa shape index (κ3) is 3.64. The minimum absolute atomic E-state index is 0.0524. The largest absolute Gasteiger partial charge is 0.485 e. The second-order valence-electron chi connectivity index (χ2n) is 5.63. The van der Waals surface area contributed by atoms with Crippen LogP contribution in [0.5, 0.6) is 11.8 Å². The lowest BCUT2D eigenvalue weighted by atomic mass is 10.2. The summed E-state index contributed by atoms with van der Waals surface area (Å²) in [5.74, 6) is 0.479. The van der Waals surface area contributed by atoms with Gasteiger partial charge in [0.15, 0.2) is 5.75 Å². The van der Waals surface area contributed by atoms with Gasteiger partial charge in [-0.1, -0.05) is 0 Å². The van der Waals surface area contributed by atoms with Crippen molar-refractivity contribution in [2.24, 2.45) is 0 Å². The number of ether oxygens (including phenoxy) is 2. The highest BCUT2D eigenvalue weighted by molar-refractivity contribution is 5.92. The minimum atomic E-state index is -0.250. The van der Waals surface area contributed by atoms with E-state index in [-0.39, 0.29) is 29.8 Å². The quantitative estimate of drug-likeness (QED) is 0.861. The van der Waals surface area contributed by atoms with Gasteiger partial charge in [0.25, 0.3) is 5.91 Å². The van der Waals surface area contributed by atoms with Gasteiger partial charge in [-0.3, -0.25) is 9.48 Å². The number of rotatable bonds is 6. The maximum Gasteiger partial charge on any atom is 0.316 e. The van der Waals surface area contributed by atoms with Crippen molar-refractivity contribution in [3.8, 4) is 11.8 Å². The van der Waals surface area contributed by atoms with E-state index in [1.54, 1.807) is 12.3 Å². The van der Waals surface area contributed by atoms with Crippen molar-refractivity contribution in [1.82, 2.24) is 25.1 Å². The third-order valence-corrected chi connectivity index (χ3v) is 4.04. The molecule has 0 saturated heterocycles. The van der Waals surface area contributed by atoms with Crippen LogP contribution >= 0.6 is 0 Å². The van der Waals surface area contributed by atoms with E-state index in [4.69, 9.17) is 9.47 Å². The molecule has 0 radical (unpaired) electrons. The van der Waals surface area contributed by atoms with Crippen molar-refractivity contribution in [1.29, 1.82) is 0 Å². The van der Waals surface area contributed by atoms with Crippen LogP contribution in [0.25, 0.3) is 0 Å². The van der Waals surface area contributed by atoms with Crippen LogP contribution in [0.1, 0.15) is 36.7 Å². The summed E-state index contributed by atoms with van der Waals surface area (Å²) in [7, 11) is 1.47. The van der Waals surface area contributed by atoms with Gasteiger partial charge in [-0.05, 0) is 32.3 Å². The fourth-order valence-electron chi connectivity index (χ4n) is 2.79. The van der Waals surface area contributed by atoms with Gasteiger partial charge in [0.2, 0.25) is 0 Å². The Morgan fingerprint density at radius 1 is 1.46 bits per heavy atom. The Morgan fingerprint density at radius 2 is 2.33 bits per heavy atom. The molecule has 24 heavy (non-hydrogen) atoms. The van der Waals surface area contributed by atoms with Crippen LogP contribution in [0.15, 0.2) is 24.7 Å². The number of aromatic nitrogens is 4. The smallest absolute Gasteiger partial charge is 0.316 e. The summed E-state index contributed by atoms with van der Waals surface area (Å²) in [4.78, 5) is 20.4. The molecule has 0 aromatic carbocycles. The van der Waals surface area contributed by atoms with Crippen LogP contribution in [0.3, 0.4) is 0 Å². The van der Waals surface area contributed by atoms with Gasteiger partial charge in [-0.15, -0.1) is 0 Å². The number of methoxy groups -OCH3 is 1. The van der Waals surface area contributed by atoms with Crippen molar-refractivity contribution in [3.63, 3.8) is 0 Å². The number of aryl methyl sites for hydroxylation is 1. The highest BCUT2D eigenvalue weighted by Crippen LogP contribution is 2.25. The Bertz CT molecular complexity index is 703. The molecule has 0 bridgehead atoms. The highest BCUT2D eigenvalue weighted by atomic mass is 16.5. The molecule has 2 aromatic rings.